The first kappa shape index (κ1) is 11.9. The zero-order valence-electron chi connectivity index (χ0n) is 10.1. The van der Waals surface area contributed by atoms with E-state index in [4.69, 9.17) is 4.74 Å². The monoisotopic (exact) mass is 306 g/mol. The summed E-state index contributed by atoms with van der Waals surface area (Å²) >= 11 is 3.72. The Bertz CT molecular complexity index is 580. The number of aromatic nitrogens is 2. The van der Waals surface area contributed by atoms with Gasteiger partial charge in [0.15, 0.2) is 0 Å². The Kier molecular flexibility index (Phi) is 3.48. The second-order valence-corrected chi connectivity index (χ2v) is 5.44. The van der Waals surface area contributed by atoms with E-state index < -0.39 is 0 Å². The number of halogens is 1. The molecule has 0 unspecified atom stereocenters. The number of imidazole rings is 1. The summed E-state index contributed by atoms with van der Waals surface area (Å²) in [4.78, 5) is 4.41. The van der Waals surface area contributed by atoms with Crippen molar-refractivity contribution in [3.05, 3.63) is 40.6 Å². The van der Waals surface area contributed by atoms with E-state index in [1.807, 2.05) is 18.5 Å². The lowest BCUT2D eigenvalue weighted by Crippen LogP contribution is -2.10. The van der Waals surface area contributed by atoms with Crippen molar-refractivity contribution >= 4 is 27.0 Å². The predicted molar refractivity (Wildman–Crippen MR) is 75.7 cm³/mol. The third-order valence-corrected chi connectivity index (χ3v) is 4.13. The molecule has 0 bridgehead atoms. The van der Waals surface area contributed by atoms with Crippen LogP contribution in [0.4, 0.5) is 0 Å². The summed E-state index contributed by atoms with van der Waals surface area (Å²) in [5.74, 6) is 0. The zero-order valence-corrected chi connectivity index (χ0v) is 11.7. The molecule has 1 aliphatic rings. The molecule has 0 amide bonds. The van der Waals surface area contributed by atoms with Crippen LogP contribution in [0.25, 0.3) is 11.0 Å². The molecule has 2 heterocycles. The first-order chi connectivity index (χ1) is 8.84. The van der Waals surface area contributed by atoms with E-state index in [2.05, 4.69) is 37.6 Å². The molecule has 1 aliphatic heterocycles. The minimum absolute atomic E-state index is 0.842. The maximum atomic E-state index is 5.38. The summed E-state index contributed by atoms with van der Waals surface area (Å²) in [6, 6.07) is 8.22. The van der Waals surface area contributed by atoms with E-state index in [0.29, 0.717) is 0 Å². The minimum atomic E-state index is 0.842. The Labute approximate surface area is 115 Å². The van der Waals surface area contributed by atoms with Gasteiger partial charge in [0, 0.05) is 4.48 Å². The highest BCUT2D eigenvalue weighted by Crippen LogP contribution is 2.25. The van der Waals surface area contributed by atoms with Gasteiger partial charge in [-0.25, -0.2) is 4.98 Å². The average molecular weight is 307 g/mol. The molecule has 0 atom stereocenters. The molecule has 0 N–H and O–H groups in total. The topological polar surface area (TPSA) is 27.1 Å². The number of ether oxygens (including phenoxy) is 1. The molecule has 3 rings (SSSR count). The maximum Gasteiger partial charge on any atom is 0.0961 e. The lowest BCUT2D eigenvalue weighted by molar-refractivity contribution is 0.119. The van der Waals surface area contributed by atoms with Gasteiger partial charge in [-0.15, -0.1) is 0 Å². The largest absolute Gasteiger partial charge is 0.381 e. The van der Waals surface area contributed by atoms with Crippen LogP contribution in [0.5, 0.6) is 0 Å². The quantitative estimate of drug-likeness (QED) is 0.849. The molecule has 3 nitrogen and oxygen atoms in total. The number of hydrogen-bond acceptors (Lipinski definition) is 2. The fourth-order valence-electron chi connectivity index (χ4n) is 2.29. The molecule has 0 saturated carbocycles. The highest BCUT2D eigenvalue weighted by atomic mass is 79.9. The number of hydrogen-bond donors (Lipinski definition) is 0. The van der Waals surface area contributed by atoms with Gasteiger partial charge in [-0.2, -0.15) is 0 Å². The molecule has 0 spiro atoms. The van der Waals surface area contributed by atoms with E-state index in [1.165, 1.54) is 15.6 Å². The number of benzene rings is 1. The molecule has 94 valence electrons. The van der Waals surface area contributed by atoms with Gasteiger partial charge in [0.2, 0.25) is 0 Å². The Morgan fingerprint density at radius 2 is 2.06 bits per heavy atom. The van der Waals surface area contributed by atoms with E-state index in [0.717, 1.165) is 38.1 Å². The molecule has 4 heteroatoms. The van der Waals surface area contributed by atoms with Gasteiger partial charge < -0.3 is 9.30 Å². The fourth-order valence-corrected chi connectivity index (χ4v) is 2.95. The molecular weight excluding hydrogens is 292 g/mol. The highest BCUT2D eigenvalue weighted by Gasteiger charge is 2.11. The van der Waals surface area contributed by atoms with Crippen LogP contribution in [-0.2, 0) is 11.3 Å². The van der Waals surface area contributed by atoms with Crippen LogP contribution in [0.3, 0.4) is 0 Å². The lowest BCUT2D eigenvalue weighted by Gasteiger charge is -2.17. The van der Waals surface area contributed by atoms with Gasteiger partial charge >= 0.3 is 0 Å². The number of rotatable bonds is 2. The van der Waals surface area contributed by atoms with Crippen molar-refractivity contribution in [1.29, 1.82) is 0 Å². The molecular formula is C14H15BrN2O. The van der Waals surface area contributed by atoms with E-state index >= 15 is 0 Å². The van der Waals surface area contributed by atoms with E-state index in [-0.39, 0.29) is 0 Å². The van der Waals surface area contributed by atoms with Gasteiger partial charge in [0.1, 0.15) is 0 Å². The Morgan fingerprint density at radius 3 is 2.89 bits per heavy atom. The highest BCUT2D eigenvalue weighted by molar-refractivity contribution is 9.11. The van der Waals surface area contributed by atoms with Crippen molar-refractivity contribution in [2.45, 2.75) is 19.4 Å². The Balaban J connectivity index is 1.87. The van der Waals surface area contributed by atoms with Crippen molar-refractivity contribution in [2.75, 3.05) is 13.2 Å². The van der Waals surface area contributed by atoms with Crippen molar-refractivity contribution in [3.8, 4) is 0 Å². The third kappa shape index (κ3) is 2.35. The summed E-state index contributed by atoms with van der Waals surface area (Å²) < 4.78 is 8.84. The molecule has 1 fully saturated rings. The van der Waals surface area contributed by atoms with Gasteiger partial charge in [0.25, 0.3) is 0 Å². The first-order valence-corrected chi connectivity index (χ1v) is 6.98. The number of para-hydroxylation sites is 2. The molecule has 0 radical (unpaired) electrons. The van der Waals surface area contributed by atoms with Crippen LogP contribution in [0.15, 0.2) is 40.6 Å². The molecule has 1 aromatic heterocycles. The number of fused-ring (bicyclic) bond motifs is 1. The smallest absolute Gasteiger partial charge is 0.0961 e. The summed E-state index contributed by atoms with van der Waals surface area (Å²) in [6.45, 7) is 2.54. The van der Waals surface area contributed by atoms with Gasteiger partial charge in [-0.1, -0.05) is 33.6 Å². The fraction of sp³-hybridized carbons (Fsp3) is 0.357. The normalized spacial score (nSPS) is 16.2. The minimum Gasteiger partial charge on any atom is -0.381 e. The second kappa shape index (κ2) is 5.24. The maximum absolute atomic E-state index is 5.38. The average Bonchev–Trinajstić information content (AvgIpc) is 2.83. The lowest BCUT2D eigenvalue weighted by atomic mass is 10.1. The van der Waals surface area contributed by atoms with Crippen molar-refractivity contribution in [3.63, 3.8) is 0 Å². The van der Waals surface area contributed by atoms with Crippen LogP contribution >= 0.6 is 15.9 Å². The predicted octanol–water partition coefficient (Wildman–Crippen LogP) is 3.50. The van der Waals surface area contributed by atoms with E-state index in [1.54, 1.807) is 0 Å². The molecule has 18 heavy (non-hydrogen) atoms. The van der Waals surface area contributed by atoms with Gasteiger partial charge in [0.05, 0.1) is 37.1 Å². The summed E-state index contributed by atoms with van der Waals surface area (Å²) in [6.07, 6.45) is 3.98. The number of nitrogens with zero attached hydrogens (tertiary/aromatic N) is 2. The van der Waals surface area contributed by atoms with Gasteiger partial charge in [-0.05, 0) is 25.0 Å². The Hall–Kier alpha value is -1.13. The molecule has 0 aliphatic carbocycles. The second-order valence-electron chi connectivity index (χ2n) is 4.48. The first-order valence-electron chi connectivity index (χ1n) is 6.18. The van der Waals surface area contributed by atoms with Crippen LogP contribution in [-0.4, -0.2) is 22.8 Å². The van der Waals surface area contributed by atoms with Crippen molar-refractivity contribution < 1.29 is 4.74 Å². The summed E-state index contributed by atoms with van der Waals surface area (Å²) in [5, 5.41) is 0. The van der Waals surface area contributed by atoms with Crippen molar-refractivity contribution in [2.24, 2.45) is 0 Å². The third-order valence-electron chi connectivity index (χ3n) is 3.32. The zero-order chi connectivity index (χ0) is 12.4. The van der Waals surface area contributed by atoms with Crippen LogP contribution < -0.4 is 0 Å². The summed E-state index contributed by atoms with van der Waals surface area (Å²) in [5.41, 5.74) is 3.70. The molecule has 1 aromatic carbocycles. The van der Waals surface area contributed by atoms with Crippen LogP contribution in [0.1, 0.15) is 12.8 Å². The van der Waals surface area contributed by atoms with Crippen LogP contribution in [0, 0.1) is 0 Å². The van der Waals surface area contributed by atoms with Crippen LogP contribution in [0.2, 0.25) is 0 Å². The SMILES string of the molecule is BrC(Cn1cnc2ccccc21)=C1CCOCC1. The number of allylic oxidation sites excluding steroid dienone is 1. The summed E-state index contributed by atoms with van der Waals surface area (Å²) in [7, 11) is 0. The van der Waals surface area contributed by atoms with E-state index in [9.17, 15) is 0 Å². The Morgan fingerprint density at radius 1 is 1.28 bits per heavy atom. The standard InChI is InChI=1S/C14H15BrN2O/c15-12(11-5-7-18-8-6-11)9-17-10-16-13-3-1-2-4-14(13)17/h1-4,10H,5-9H2. The molecule has 1 saturated heterocycles. The van der Waals surface area contributed by atoms with Crippen molar-refractivity contribution in [1.82, 2.24) is 9.55 Å². The molecule has 2 aromatic rings. The van der Waals surface area contributed by atoms with Gasteiger partial charge in [-0.3, -0.25) is 0 Å².